The largest absolute Gasteiger partial charge is 0.405 e. The maximum Gasteiger partial charge on any atom is 0.405 e. The summed E-state index contributed by atoms with van der Waals surface area (Å²) in [5.41, 5.74) is 0.981. The SMILES string of the molecule is CN(CC(F)(F)F)c1nc2ccccc2cc1CO. The number of hydrogen-bond acceptors (Lipinski definition) is 3. The van der Waals surface area contributed by atoms with Gasteiger partial charge in [-0.05, 0) is 12.1 Å². The number of aliphatic hydroxyl groups is 1. The van der Waals surface area contributed by atoms with Crippen molar-refractivity contribution < 1.29 is 18.3 Å². The Morgan fingerprint density at radius 2 is 1.95 bits per heavy atom. The molecule has 1 heterocycles. The second kappa shape index (κ2) is 5.05. The zero-order valence-corrected chi connectivity index (χ0v) is 10.3. The van der Waals surface area contributed by atoms with Crippen LogP contribution in [0.25, 0.3) is 10.9 Å². The van der Waals surface area contributed by atoms with E-state index >= 15 is 0 Å². The molecule has 2 aromatic rings. The molecule has 0 spiro atoms. The van der Waals surface area contributed by atoms with Gasteiger partial charge in [0.2, 0.25) is 0 Å². The Labute approximate surface area is 108 Å². The molecule has 2 rings (SSSR count). The van der Waals surface area contributed by atoms with Crippen LogP contribution in [0, 0.1) is 0 Å². The Balaban J connectivity index is 2.46. The summed E-state index contributed by atoms with van der Waals surface area (Å²) in [7, 11) is 1.31. The van der Waals surface area contributed by atoms with Crippen molar-refractivity contribution in [2.45, 2.75) is 12.8 Å². The summed E-state index contributed by atoms with van der Waals surface area (Å²) in [6, 6.07) is 8.76. The number of aliphatic hydroxyl groups excluding tert-OH is 1. The van der Waals surface area contributed by atoms with E-state index in [-0.39, 0.29) is 12.4 Å². The zero-order valence-electron chi connectivity index (χ0n) is 10.3. The van der Waals surface area contributed by atoms with Gasteiger partial charge in [-0.15, -0.1) is 0 Å². The minimum Gasteiger partial charge on any atom is -0.392 e. The molecule has 19 heavy (non-hydrogen) atoms. The van der Waals surface area contributed by atoms with Crippen LogP contribution in [0.4, 0.5) is 19.0 Å². The Bertz CT molecular complexity index is 584. The van der Waals surface area contributed by atoms with E-state index in [9.17, 15) is 18.3 Å². The molecule has 0 aliphatic rings. The van der Waals surface area contributed by atoms with Gasteiger partial charge in [0, 0.05) is 18.0 Å². The summed E-state index contributed by atoms with van der Waals surface area (Å²) in [6.45, 7) is -1.46. The number of para-hydroxylation sites is 1. The highest BCUT2D eigenvalue weighted by molar-refractivity contribution is 5.81. The molecule has 3 nitrogen and oxygen atoms in total. The van der Waals surface area contributed by atoms with Gasteiger partial charge in [-0.1, -0.05) is 18.2 Å². The predicted molar refractivity (Wildman–Crippen MR) is 67.0 cm³/mol. The van der Waals surface area contributed by atoms with Crippen molar-refractivity contribution in [3.63, 3.8) is 0 Å². The second-order valence-corrected chi connectivity index (χ2v) is 4.29. The van der Waals surface area contributed by atoms with Crippen LogP contribution >= 0.6 is 0 Å². The van der Waals surface area contributed by atoms with Crippen LogP contribution in [-0.2, 0) is 6.61 Å². The van der Waals surface area contributed by atoms with Crippen molar-refractivity contribution in [2.24, 2.45) is 0 Å². The summed E-state index contributed by atoms with van der Waals surface area (Å²) in [5.74, 6) is 0.151. The summed E-state index contributed by atoms with van der Waals surface area (Å²) in [4.78, 5) is 5.19. The number of alkyl halides is 3. The van der Waals surface area contributed by atoms with Crippen molar-refractivity contribution in [3.05, 3.63) is 35.9 Å². The molecule has 1 N–H and O–H groups in total. The quantitative estimate of drug-likeness (QED) is 0.931. The number of anilines is 1. The van der Waals surface area contributed by atoms with Crippen LogP contribution in [0.3, 0.4) is 0 Å². The van der Waals surface area contributed by atoms with E-state index in [1.54, 1.807) is 24.3 Å². The van der Waals surface area contributed by atoms with E-state index in [0.717, 1.165) is 10.3 Å². The van der Waals surface area contributed by atoms with Crippen LogP contribution in [0.1, 0.15) is 5.56 Å². The first-order chi connectivity index (χ1) is 8.90. The molecular weight excluding hydrogens is 257 g/mol. The fraction of sp³-hybridized carbons (Fsp3) is 0.308. The number of nitrogens with zero attached hydrogens (tertiary/aromatic N) is 2. The topological polar surface area (TPSA) is 36.4 Å². The number of fused-ring (bicyclic) bond motifs is 1. The standard InChI is InChI=1S/C13H13F3N2O/c1-18(8-13(14,15)16)12-10(7-19)6-9-4-2-3-5-11(9)17-12/h2-6,19H,7-8H2,1H3. The fourth-order valence-electron chi connectivity index (χ4n) is 1.94. The highest BCUT2D eigenvalue weighted by Crippen LogP contribution is 2.25. The van der Waals surface area contributed by atoms with Gasteiger partial charge in [0.25, 0.3) is 0 Å². The maximum absolute atomic E-state index is 12.4. The lowest BCUT2D eigenvalue weighted by Crippen LogP contribution is -2.32. The van der Waals surface area contributed by atoms with Crippen LogP contribution < -0.4 is 4.90 Å². The van der Waals surface area contributed by atoms with Crippen LogP contribution in [-0.4, -0.2) is 29.9 Å². The number of halogens is 3. The third kappa shape index (κ3) is 3.14. The molecule has 0 aliphatic carbocycles. The highest BCUT2D eigenvalue weighted by Gasteiger charge is 2.30. The molecule has 1 aromatic carbocycles. The first-order valence-electron chi connectivity index (χ1n) is 5.68. The van der Waals surface area contributed by atoms with Crippen LogP contribution in [0.5, 0.6) is 0 Å². The van der Waals surface area contributed by atoms with Crippen molar-refractivity contribution >= 4 is 16.7 Å². The third-order valence-corrected chi connectivity index (χ3v) is 2.73. The van der Waals surface area contributed by atoms with Crippen molar-refractivity contribution in [2.75, 3.05) is 18.5 Å². The van der Waals surface area contributed by atoms with E-state index < -0.39 is 12.7 Å². The Kier molecular flexibility index (Phi) is 3.61. The van der Waals surface area contributed by atoms with Crippen LogP contribution in [0.15, 0.2) is 30.3 Å². The molecule has 0 aliphatic heterocycles. The van der Waals surface area contributed by atoms with E-state index in [1.165, 1.54) is 7.05 Å². The summed E-state index contributed by atoms with van der Waals surface area (Å²) in [5, 5.41) is 10.1. The normalized spacial score (nSPS) is 11.8. The lowest BCUT2D eigenvalue weighted by molar-refractivity contribution is -0.119. The van der Waals surface area contributed by atoms with Crippen molar-refractivity contribution in [3.8, 4) is 0 Å². The zero-order chi connectivity index (χ0) is 14.0. The Morgan fingerprint density at radius 1 is 1.26 bits per heavy atom. The maximum atomic E-state index is 12.4. The molecular formula is C13H13F3N2O. The first-order valence-corrected chi connectivity index (χ1v) is 5.68. The molecule has 0 radical (unpaired) electrons. The molecule has 0 amide bonds. The van der Waals surface area contributed by atoms with E-state index in [4.69, 9.17) is 0 Å². The number of rotatable bonds is 3. The molecule has 0 atom stereocenters. The van der Waals surface area contributed by atoms with Crippen molar-refractivity contribution in [1.82, 2.24) is 4.98 Å². The second-order valence-electron chi connectivity index (χ2n) is 4.29. The van der Waals surface area contributed by atoms with Gasteiger partial charge < -0.3 is 10.0 Å². The van der Waals surface area contributed by atoms with E-state index in [0.29, 0.717) is 11.1 Å². The predicted octanol–water partition coefficient (Wildman–Crippen LogP) is 2.73. The number of benzene rings is 1. The average Bonchev–Trinajstić information content (AvgIpc) is 2.35. The molecule has 0 bridgehead atoms. The number of aromatic nitrogens is 1. The molecule has 0 fully saturated rings. The minimum absolute atomic E-state index is 0.151. The fourth-order valence-corrected chi connectivity index (χ4v) is 1.94. The first kappa shape index (κ1) is 13.6. The van der Waals surface area contributed by atoms with Crippen molar-refractivity contribution in [1.29, 1.82) is 0 Å². The summed E-state index contributed by atoms with van der Waals surface area (Å²) >= 11 is 0. The molecule has 1 aromatic heterocycles. The minimum atomic E-state index is -4.31. The van der Waals surface area contributed by atoms with Crippen LogP contribution in [0.2, 0.25) is 0 Å². The monoisotopic (exact) mass is 270 g/mol. The van der Waals surface area contributed by atoms with Gasteiger partial charge in [0.1, 0.15) is 12.4 Å². The van der Waals surface area contributed by atoms with Gasteiger partial charge in [0.05, 0.1) is 12.1 Å². The number of pyridine rings is 1. The molecule has 0 unspecified atom stereocenters. The molecule has 6 heteroatoms. The summed E-state index contributed by atoms with van der Waals surface area (Å²) < 4.78 is 37.2. The smallest absolute Gasteiger partial charge is 0.392 e. The summed E-state index contributed by atoms with van der Waals surface area (Å²) in [6.07, 6.45) is -4.31. The molecule has 0 saturated carbocycles. The lowest BCUT2D eigenvalue weighted by atomic mass is 10.1. The number of hydrogen-bond donors (Lipinski definition) is 1. The lowest BCUT2D eigenvalue weighted by Gasteiger charge is -2.22. The van der Waals surface area contributed by atoms with E-state index in [2.05, 4.69) is 4.98 Å². The molecule has 0 saturated heterocycles. The highest BCUT2D eigenvalue weighted by atomic mass is 19.4. The van der Waals surface area contributed by atoms with Gasteiger partial charge >= 0.3 is 6.18 Å². The Hall–Kier alpha value is -1.82. The third-order valence-electron chi connectivity index (χ3n) is 2.73. The average molecular weight is 270 g/mol. The van der Waals surface area contributed by atoms with Gasteiger partial charge in [-0.3, -0.25) is 0 Å². The Morgan fingerprint density at radius 3 is 2.58 bits per heavy atom. The van der Waals surface area contributed by atoms with Gasteiger partial charge in [-0.2, -0.15) is 13.2 Å². The van der Waals surface area contributed by atoms with Gasteiger partial charge in [-0.25, -0.2) is 4.98 Å². The van der Waals surface area contributed by atoms with Gasteiger partial charge in [0.15, 0.2) is 0 Å². The van der Waals surface area contributed by atoms with E-state index in [1.807, 2.05) is 6.07 Å². The molecule has 102 valence electrons.